The zero-order chi connectivity index (χ0) is 16.3. The quantitative estimate of drug-likeness (QED) is 0.842. The Bertz CT molecular complexity index is 530. The normalized spacial score (nSPS) is 27.7. The zero-order valence-electron chi connectivity index (χ0n) is 13.3. The number of cyclic esters (lactones) is 1. The Morgan fingerprint density at radius 2 is 1.91 bits per heavy atom. The van der Waals surface area contributed by atoms with Crippen LogP contribution in [0.15, 0.2) is 36.4 Å². The van der Waals surface area contributed by atoms with Crippen LogP contribution in [0.3, 0.4) is 0 Å². The van der Waals surface area contributed by atoms with Crippen molar-refractivity contribution in [2.75, 3.05) is 0 Å². The van der Waals surface area contributed by atoms with Gasteiger partial charge in [-0.1, -0.05) is 63.3 Å². The van der Waals surface area contributed by atoms with E-state index in [9.17, 15) is 15.0 Å². The lowest BCUT2D eigenvalue weighted by atomic mass is 9.80. The van der Waals surface area contributed by atoms with E-state index >= 15 is 0 Å². The fourth-order valence-electron chi connectivity index (χ4n) is 2.58. The molecule has 1 saturated heterocycles. The highest BCUT2D eigenvalue weighted by Crippen LogP contribution is 2.34. The highest BCUT2D eigenvalue weighted by atomic mass is 16.6. The predicted octanol–water partition coefficient (Wildman–Crippen LogP) is 2.40. The molecule has 2 N–H and O–H groups in total. The Labute approximate surface area is 131 Å². The lowest BCUT2D eigenvalue weighted by Gasteiger charge is -2.39. The maximum absolute atomic E-state index is 12.1. The molecule has 4 unspecified atom stereocenters. The molecule has 1 aromatic carbocycles. The molecule has 2 rings (SSSR count). The van der Waals surface area contributed by atoms with Crippen molar-refractivity contribution in [2.45, 2.75) is 45.5 Å². The van der Waals surface area contributed by atoms with Crippen LogP contribution in [0.4, 0.5) is 0 Å². The summed E-state index contributed by atoms with van der Waals surface area (Å²) in [6.45, 7) is 5.89. The molecule has 22 heavy (non-hydrogen) atoms. The molecule has 0 amide bonds. The van der Waals surface area contributed by atoms with E-state index in [1.165, 1.54) is 6.08 Å². The minimum absolute atomic E-state index is 0.230. The predicted molar refractivity (Wildman–Crippen MR) is 84.9 cm³/mol. The van der Waals surface area contributed by atoms with Crippen molar-refractivity contribution in [1.82, 2.24) is 0 Å². The first-order valence-corrected chi connectivity index (χ1v) is 7.59. The van der Waals surface area contributed by atoms with Crippen LogP contribution in [-0.4, -0.2) is 34.5 Å². The number of carbonyl (C=O) groups is 1. The summed E-state index contributed by atoms with van der Waals surface area (Å²) < 4.78 is 5.41. The molecule has 0 bridgehead atoms. The Morgan fingerprint density at radius 1 is 1.27 bits per heavy atom. The lowest BCUT2D eigenvalue weighted by molar-refractivity contribution is -0.184. The first-order chi connectivity index (χ1) is 10.3. The van der Waals surface area contributed by atoms with Crippen molar-refractivity contribution in [3.05, 3.63) is 42.0 Å². The minimum Gasteiger partial charge on any atom is -0.461 e. The molecule has 0 spiro atoms. The number of carbonyl (C=O) groups excluding carboxylic acids is 1. The molecule has 0 saturated carbocycles. The maximum Gasteiger partial charge on any atom is 0.314 e. The monoisotopic (exact) mass is 304 g/mol. The van der Waals surface area contributed by atoms with Crippen molar-refractivity contribution >= 4 is 12.0 Å². The molecule has 4 heteroatoms. The van der Waals surface area contributed by atoms with Gasteiger partial charge in [0.05, 0.1) is 12.2 Å². The van der Waals surface area contributed by atoms with Crippen LogP contribution in [0.1, 0.15) is 32.8 Å². The molecule has 120 valence electrons. The molecule has 4 atom stereocenters. The molecule has 1 fully saturated rings. The molecule has 1 aromatic rings. The third-order valence-electron chi connectivity index (χ3n) is 4.02. The Hall–Kier alpha value is -1.65. The molecule has 1 aliphatic heterocycles. The standard InChI is InChI=1S/C18H24O4/c1-18(2,3)15-11-14(20)16(17(21)22-15)13(19)10-9-12-7-5-4-6-8-12/h4-10,13-16,19-20H,11H2,1-3H3. The Kier molecular flexibility index (Phi) is 5.04. The van der Waals surface area contributed by atoms with Crippen molar-refractivity contribution in [1.29, 1.82) is 0 Å². The molecule has 1 heterocycles. The van der Waals surface area contributed by atoms with Gasteiger partial charge in [-0.15, -0.1) is 0 Å². The number of aliphatic hydroxyl groups is 2. The fourth-order valence-corrected chi connectivity index (χ4v) is 2.58. The molecular formula is C18H24O4. The van der Waals surface area contributed by atoms with E-state index in [2.05, 4.69) is 0 Å². The van der Waals surface area contributed by atoms with Gasteiger partial charge >= 0.3 is 5.97 Å². The molecular weight excluding hydrogens is 280 g/mol. The summed E-state index contributed by atoms with van der Waals surface area (Å²) >= 11 is 0. The highest BCUT2D eigenvalue weighted by molar-refractivity contribution is 5.75. The maximum atomic E-state index is 12.1. The van der Waals surface area contributed by atoms with Crippen LogP contribution in [0.2, 0.25) is 0 Å². The SMILES string of the molecule is CC(C)(C)C1CC(O)C(C(O)C=Cc2ccccc2)C(=O)O1. The van der Waals surface area contributed by atoms with E-state index in [1.54, 1.807) is 6.08 Å². The third-order valence-corrected chi connectivity index (χ3v) is 4.02. The van der Waals surface area contributed by atoms with E-state index in [1.807, 2.05) is 51.1 Å². The number of benzene rings is 1. The smallest absolute Gasteiger partial charge is 0.314 e. The second-order valence-electron chi connectivity index (χ2n) is 6.88. The number of hydrogen-bond acceptors (Lipinski definition) is 4. The highest BCUT2D eigenvalue weighted by Gasteiger charge is 2.44. The van der Waals surface area contributed by atoms with Gasteiger partial charge in [0, 0.05) is 6.42 Å². The third kappa shape index (κ3) is 3.96. The number of ether oxygens (including phenoxy) is 1. The first kappa shape index (κ1) is 16.7. The van der Waals surface area contributed by atoms with Crippen molar-refractivity contribution in [3.8, 4) is 0 Å². The Morgan fingerprint density at radius 3 is 2.45 bits per heavy atom. The van der Waals surface area contributed by atoms with Crippen LogP contribution in [0.25, 0.3) is 6.08 Å². The largest absolute Gasteiger partial charge is 0.461 e. The summed E-state index contributed by atoms with van der Waals surface area (Å²) in [5.41, 5.74) is 0.694. The summed E-state index contributed by atoms with van der Waals surface area (Å²) in [5.74, 6) is -1.47. The van der Waals surface area contributed by atoms with Crippen LogP contribution in [-0.2, 0) is 9.53 Å². The Balaban J connectivity index is 2.06. The number of aliphatic hydroxyl groups excluding tert-OH is 2. The summed E-state index contributed by atoms with van der Waals surface area (Å²) in [7, 11) is 0. The van der Waals surface area contributed by atoms with Gasteiger partial charge in [0.2, 0.25) is 0 Å². The molecule has 0 aromatic heterocycles. The second-order valence-corrected chi connectivity index (χ2v) is 6.88. The minimum atomic E-state index is -1.07. The van der Waals surface area contributed by atoms with Gasteiger partial charge < -0.3 is 14.9 Å². The summed E-state index contributed by atoms with van der Waals surface area (Å²) in [4.78, 5) is 12.1. The average Bonchev–Trinajstić information content (AvgIpc) is 2.44. The average molecular weight is 304 g/mol. The fraction of sp³-hybridized carbons (Fsp3) is 0.500. The van der Waals surface area contributed by atoms with Gasteiger partial charge in [-0.2, -0.15) is 0 Å². The van der Waals surface area contributed by atoms with E-state index in [0.717, 1.165) is 5.56 Å². The van der Waals surface area contributed by atoms with Gasteiger partial charge in [-0.25, -0.2) is 0 Å². The van der Waals surface area contributed by atoms with Crippen LogP contribution >= 0.6 is 0 Å². The van der Waals surface area contributed by atoms with Gasteiger partial charge in [0.25, 0.3) is 0 Å². The lowest BCUT2D eigenvalue weighted by Crippen LogP contribution is -2.49. The topological polar surface area (TPSA) is 66.8 Å². The molecule has 0 radical (unpaired) electrons. The molecule has 0 aliphatic carbocycles. The number of esters is 1. The van der Waals surface area contributed by atoms with Crippen LogP contribution in [0.5, 0.6) is 0 Å². The van der Waals surface area contributed by atoms with E-state index < -0.39 is 24.1 Å². The van der Waals surface area contributed by atoms with Crippen molar-refractivity contribution < 1.29 is 19.7 Å². The molecule has 1 aliphatic rings. The van der Waals surface area contributed by atoms with Crippen LogP contribution < -0.4 is 0 Å². The van der Waals surface area contributed by atoms with Gasteiger partial charge in [-0.05, 0) is 11.0 Å². The number of hydrogen-bond donors (Lipinski definition) is 2. The van der Waals surface area contributed by atoms with Crippen LogP contribution in [0, 0.1) is 11.3 Å². The van der Waals surface area contributed by atoms with Crippen molar-refractivity contribution in [3.63, 3.8) is 0 Å². The zero-order valence-corrected chi connectivity index (χ0v) is 13.3. The molecule has 4 nitrogen and oxygen atoms in total. The number of rotatable bonds is 3. The van der Waals surface area contributed by atoms with E-state index in [0.29, 0.717) is 6.42 Å². The first-order valence-electron chi connectivity index (χ1n) is 7.59. The second kappa shape index (κ2) is 6.63. The summed E-state index contributed by atoms with van der Waals surface area (Å²) in [6.07, 6.45) is 1.31. The van der Waals surface area contributed by atoms with Gasteiger partial charge in [-0.3, -0.25) is 4.79 Å². The van der Waals surface area contributed by atoms with E-state index in [4.69, 9.17) is 4.74 Å². The van der Waals surface area contributed by atoms with E-state index in [-0.39, 0.29) is 11.5 Å². The summed E-state index contributed by atoms with van der Waals surface area (Å²) in [6, 6.07) is 9.49. The van der Waals surface area contributed by atoms with Gasteiger partial charge in [0.1, 0.15) is 12.0 Å². The van der Waals surface area contributed by atoms with Crippen molar-refractivity contribution in [2.24, 2.45) is 11.3 Å². The summed E-state index contributed by atoms with van der Waals surface area (Å²) in [5, 5.41) is 20.5. The van der Waals surface area contributed by atoms with Gasteiger partial charge in [0.15, 0.2) is 0 Å².